The molecule has 4 N–H and O–H groups in total. The van der Waals surface area contributed by atoms with Crippen molar-refractivity contribution in [3.05, 3.63) is 54.0 Å². The second kappa shape index (κ2) is 5.58. The Labute approximate surface area is 130 Å². The lowest BCUT2D eigenvalue weighted by Crippen LogP contribution is -2.13. The van der Waals surface area contributed by atoms with Crippen LogP contribution in [0.2, 0.25) is 0 Å². The van der Waals surface area contributed by atoms with Crippen molar-refractivity contribution < 1.29 is 19.1 Å². The van der Waals surface area contributed by atoms with E-state index in [1.54, 1.807) is 29.1 Å². The maximum atomic E-state index is 11.2. The van der Waals surface area contributed by atoms with Gasteiger partial charge in [0.25, 0.3) is 5.91 Å². The molecule has 8 nitrogen and oxygen atoms in total. The predicted molar refractivity (Wildman–Crippen MR) is 83.3 cm³/mol. The van der Waals surface area contributed by atoms with Crippen molar-refractivity contribution in [1.29, 1.82) is 0 Å². The molecule has 0 fully saturated rings. The second-order valence-electron chi connectivity index (χ2n) is 4.99. The number of hydrogen-bond donors (Lipinski definition) is 3. The molecule has 0 aliphatic carbocycles. The summed E-state index contributed by atoms with van der Waals surface area (Å²) in [6.45, 7) is 0.396. The third kappa shape index (κ3) is 3.14. The first-order valence-corrected chi connectivity index (χ1v) is 8.22. The smallest absolute Gasteiger partial charge is 0.356 e. The summed E-state index contributed by atoms with van der Waals surface area (Å²) in [7, 11) is -4.25. The largest absolute Gasteiger partial charge is 0.364 e. The lowest BCUT2D eigenvalue weighted by molar-refractivity contribution is 0.0996. The summed E-state index contributed by atoms with van der Waals surface area (Å²) >= 11 is 0. The van der Waals surface area contributed by atoms with E-state index in [0.29, 0.717) is 17.7 Å². The van der Waals surface area contributed by atoms with Crippen LogP contribution in [-0.4, -0.2) is 30.2 Å². The van der Waals surface area contributed by atoms with Crippen molar-refractivity contribution in [3.63, 3.8) is 0 Å². The van der Waals surface area contributed by atoms with Gasteiger partial charge in [0.15, 0.2) is 5.65 Å². The van der Waals surface area contributed by atoms with Crippen LogP contribution in [0.3, 0.4) is 0 Å². The highest BCUT2D eigenvalue weighted by Crippen LogP contribution is 2.32. The van der Waals surface area contributed by atoms with Gasteiger partial charge in [0.2, 0.25) is 0 Å². The fraction of sp³-hybridized carbons (Fsp3) is 0.0714. The number of primary amides is 1. The average Bonchev–Trinajstić information content (AvgIpc) is 2.89. The molecule has 23 heavy (non-hydrogen) atoms. The zero-order chi connectivity index (χ0) is 16.6. The number of nitrogens with two attached hydrogens (primary N) is 1. The van der Waals surface area contributed by atoms with E-state index in [2.05, 4.69) is 9.97 Å². The Balaban J connectivity index is 1.93. The molecule has 0 atom stereocenters. The van der Waals surface area contributed by atoms with E-state index >= 15 is 0 Å². The molecule has 0 aliphatic rings. The highest BCUT2D eigenvalue weighted by Gasteiger charge is 2.16. The molecule has 0 aliphatic heterocycles. The summed E-state index contributed by atoms with van der Waals surface area (Å²) in [5, 5.41) is -0.0362. The molecule has 0 saturated heterocycles. The van der Waals surface area contributed by atoms with Gasteiger partial charge in [-0.1, -0.05) is 12.1 Å². The number of nitrogens with zero attached hydrogens (tertiary/aromatic N) is 3. The maximum absolute atomic E-state index is 11.2. The molecule has 0 radical (unpaired) electrons. The van der Waals surface area contributed by atoms with E-state index in [1.807, 2.05) is 0 Å². The van der Waals surface area contributed by atoms with E-state index < -0.39 is 13.5 Å². The molecule has 0 spiro atoms. The van der Waals surface area contributed by atoms with Gasteiger partial charge < -0.3 is 20.1 Å². The topological polar surface area (TPSA) is 131 Å². The molecule has 2 heterocycles. The zero-order valence-electron chi connectivity index (χ0n) is 11.8. The molecule has 3 rings (SSSR count). The van der Waals surface area contributed by atoms with Crippen LogP contribution >= 0.6 is 7.60 Å². The lowest BCUT2D eigenvalue weighted by Gasteiger charge is -2.07. The number of carbonyl (C=O) groups excluding carboxylic acids is 1. The monoisotopic (exact) mass is 332 g/mol. The summed E-state index contributed by atoms with van der Waals surface area (Å²) in [4.78, 5) is 37.8. The Bertz CT molecular complexity index is 930. The van der Waals surface area contributed by atoms with E-state index in [9.17, 15) is 9.36 Å². The third-order valence-electron chi connectivity index (χ3n) is 3.34. The molecular formula is C14H13N4O4P. The summed E-state index contributed by atoms with van der Waals surface area (Å²) < 4.78 is 12.9. The minimum Gasteiger partial charge on any atom is -0.364 e. The fourth-order valence-electron chi connectivity index (χ4n) is 2.18. The van der Waals surface area contributed by atoms with Crippen molar-refractivity contribution in [3.8, 4) is 0 Å². The van der Waals surface area contributed by atoms with Crippen LogP contribution in [0, 0.1) is 0 Å². The number of pyridine rings is 1. The Hall–Kier alpha value is -2.54. The standard InChI is InChI=1S/C14H13N4O4P/c15-13(19)11-5-6-12-14(17-11)18(8-16-12)7-9-1-3-10(4-2-9)23(20,21)22/h1-6,8H,7H2,(H2,15,19)(H2,20,21,22). The molecule has 1 amide bonds. The van der Waals surface area contributed by atoms with E-state index in [-0.39, 0.29) is 11.0 Å². The second-order valence-corrected chi connectivity index (χ2v) is 6.59. The Kier molecular flexibility index (Phi) is 3.73. The van der Waals surface area contributed by atoms with Crippen molar-refractivity contribution >= 4 is 30.0 Å². The van der Waals surface area contributed by atoms with Gasteiger partial charge in [0, 0.05) is 0 Å². The number of fused-ring (bicyclic) bond motifs is 1. The van der Waals surface area contributed by atoms with Gasteiger partial charge >= 0.3 is 7.60 Å². The number of amides is 1. The van der Waals surface area contributed by atoms with Gasteiger partial charge in [-0.3, -0.25) is 9.36 Å². The minimum atomic E-state index is -4.25. The molecule has 0 unspecified atom stereocenters. The summed E-state index contributed by atoms with van der Waals surface area (Å²) in [5.41, 5.74) is 7.33. The van der Waals surface area contributed by atoms with Gasteiger partial charge in [-0.25, -0.2) is 9.97 Å². The summed E-state index contributed by atoms with van der Waals surface area (Å²) in [5.74, 6) is -0.620. The number of carbonyl (C=O) groups is 1. The van der Waals surface area contributed by atoms with Crippen LogP contribution in [0.5, 0.6) is 0 Å². The van der Waals surface area contributed by atoms with Gasteiger partial charge in [-0.05, 0) is 29.8 Å². The molecule has 2 aromatic heterocycles. The highest BCUT2D eigenvalue weighted by molar-refractivity contribution is 7.60. The highest BCUT2D eigenvalue weighted by atomic mass is 31.2. The number of imidazole rings is 1. The summed E-state index contributed by atoms with van der Waals surface area (Å²) in [6, 6.07) is 9.19. The number of aromatic nitrogens is 3. The van der Waals surface area contributed by atoms with Crippen LogP contribution in [0.25, 0.3) is 11.2 Å². The number of hydrogen-bond acceptors (Lipinski definition) is 4. The van der Waals surface area contributed by atoms with Crippen molar-refractivity contribution in [1.82, 2.24) is 14.5 Å². The first kappa shape index (κ1) is 15.4. The molecule has 9 heteroatoms. The van der Waals surface area contributed by atoms with Crippen molar-refractivity contribution in [2.45, 2.75) is 6.54 Å². The number of benzene rings is 1. The quantitative estimate of drug-likeness (QED) is 0.592. The van der Waals surface area contributed by atoms with Crippen LogP contribution in [-0.2, 0) is 11.1 Å². The SMILES string of the molecule is NC(=O)c1ccc2ncn(Cc3ccc(P(=O)(O)O)cc3)c2n1. The first-order valence-electron chi connectivity index (χ1n) is 6.61. The molecule has 0 bridgehead atoms. The molecule has 0 saturated carbocycles. The van der Waals surface area contributed by atoms with E-state index in [4.69, 9.17) is 15.5 Å². The van der Waals surface area contributed by atoms with Crippen molar-refractivity contribution in [2.24, 2.45) is 5.73 Å². The van der Waals surface area contributed by atoms with E-state index in [0.717, 1.165) is 5.56 Å². The predicted octanol–water partition coefficient (Wildman–Crippen LogP) is 0.382. The zero-order valence-corrected chi connectivity index (χ0v) is 12.7. The molecule has 3 aromatic rings. The average molecular weight is 332 g/mol. The fourth-order valence-corrected chi connectivity index (χ4v) is 2.72. The Morgan fingerprint density at radius 3 is 2.48 bits per heavy atom. The van der Waals surface area contributed by atoms with Crippen LogP contribution in [0.1, 0.15) is 16.1 Å². The number of rotatable bonds is 4. The maximum Gasteiger partial charge on any atom is 0.356 e. The normalized spacial score (nSPS) is 11.7. The van der Waals surface area contributed by atoms with Crippen LogP contribution in [0.4, 0.5) is 0 Å². The third-order valence-corrected chi connectivity index (χ3v) is 4.31. The van der Waals surface area contributed by atoms with Crippen LogP contribution in [0.15, 0.2) is 42.7 Å². The van der Waals surface area contributed by atoms with Crippen LogP contribution < -0.4 is 11.0 Å². The van der Waals surface area contributed by atoms with E-state index in [1.165, 1.54) is 18.2 Å². The Morgan fingerprint density at radius 1 is 1.17 bits per heavy atom. The minimum absolute atomic E-state index is 0.0362. The molecule has 1 aromatic carbocycles. The Morgan fingerprint density at radius 2 is 1.87 bits per heavy atom. The first-order chi connectivity index (χ1) is 10.8. The van der Waals surface area contributed by atoms with Gasteiger partial charge in [0.05, 0.1) is 18.2 Å². The van der Waals surface area contributed by atoms with Gasteiger partial charge in [0.1, 0.15) is 11.2 Å². The molecule has 118 valence electrons. The lowest BCUT2D eigenvalue weighted by atomic mass is 10.2. The molecular weight excluding hydrogens is 319 g/mol. The van der Waals surface area contributed by atoms with Gasteiger partial charge in [-0.2, -0.15) is 0 Å². The summed E-state index contributed by atoms with van der Waals surface area (Å²) in [6.07, 6.45) is 1.58. The van der Waals surface area contributed by atoms with Crippen molar-refractivity contribution in [2.75, 3.05) is 0 Å². The van der Waals surface area contributed by atoms with Gasteiger partial charge in [-0.15, -0.1) is 0 Å².